The second-order valence-corrected chi connectivity index (χ2v) is 10.9. The van der Waals surface area contributed by atoms with Gasteiger partial charge in [0.15, 0.2) is 0 Å². The zero-order valence-electron chi connectivity index (χ0n) is 24.0. The summed E-state index contributed by atoms with van der Waals surface area (Å²) in [7, 11) is 0. The van der Waals surface area contributed by atoms with E-state index in [1.807, 2.05) is 0 Å². The van der Waals surface area contributed by atoms with Gasteiger partial charge in [-0.05, 0) is 38.5 Å². The van der Waals surface area contributed by atoms with Crippen molar-refractivity contribution in [2.24, 2.45) is 0 Å². The molecule has 36 heavy (non-hydrogen) atoms. The van der Waals surface area contributed by atoms with Gasteiger partial charge in [0.1, 0.15) is 0 Å². The van der Waals surface area contributed by atoms with Crippen molar-refractivity contribution in [3.05, 3.63) is 0 Å². The molecule has 0 saturated carbocycles. The molecule has 215 valence electrons. The van der Waals surface area contributed by atoms with E-state index in [1.165, 1.54) is 49.1 Å². The van der Waals surface area contributed by atoms with E-state index < -0.39 is 17.9 Å². The van der Waals surface area contributed by atoms with Crippen LogP contribution in [0.4, 0.5) is 0 Å². The van der Waals surface area contributed by atoms with E-state index in [0.717, 1.165) is 73.0 Å². The molecule has 0 amide bonds. The van der Waals surface area contributed by atoms with Crippen LogP contribution in [0.25, 0.3) is 0 Å². The predicted molar refractivity (Wildman–Crippen MR) is 142 cm³/mol. The van der Waals surface area contributed by atoms with Crippen LogP contribution in [0.15, 0.2) is 0 Å². The molecular weight excluding hydrogens is 518 g/mol. The Morgan fingerprint density at radius 3 is 0.806 bits per heavy atom. The molecule has 0 bridgehead atoms. The molecule has 8 heteroatoms. The Morgan fingerprint density at radius 2 is 0.667 bits per heavy atom. The summed E-state index contributed by atoms with van der Waals surface area (Å²) in [6.45, 7) is 10.9. The second-order valence-electron chi connectivity index (χ2n) is 8.71. The summed E-state index contributed by atoms with van der Waals surface area (Å²) < 4.78 is 0. The van der Waals surface area contributed by atoms with Gasteiger partial charge in [-0.3, -0.25) is 0 Å². The molecule has 0 unspecified atom stereocenters. The van der Waals surface area contributed by atoms with Crippen LogP contribution in [-0.2, 0) is 31.2 Å². The van der Waals surface area contributed by atoms with Gasteiger partial charge in [-0.1, -0.05) is 97.8 Å². The SMILES string of the molecule is CCCCCCCC(=O)[O-].CCCCCCCC(=O)[O-].CCCCCCCC(=O)[O-].C[CH2][Al+][CH2]C.[Co+2]. The third-order valence-corrected chi connectivity index (χ3v) is 6.19. The summed E-state index contributed by atoms with van der Waals surface area (Å²) in [5.41, 5.74) is 0. The van der Waals surface area contributed by atoms with Crippen molar-refractivity contribution in [1.82, 2.24) is 0 Å². The van der Waals surface area contributed by atoms with Gasteiger partial charge in [0.05, 0.1) is 0 Å². The summed E-state index contributed by atoms with van der Waals surface area (Å²) >= 11 is 0.815. The largest absolute Gasteiger partial charge is 2.00 e. The fraction of sp³-hybridized carbons (Fsp3) is 0.893. The summed E-state index contributed by atoms with van der Waals surface area (Å²) in [6, 6.07) is 0. The Bertz CT molecular complexity index is 377. The van der Waals surface area contributed by atoms with Crippen LogP contribution in [0.3, 0.4) is 0 Å². The summed E-state index contributed by atoms with van der Waals surface area (Å²) in [4.78, 5) is 29.8. The number of unbranched alkanes of at least 4 members (excludes halogenated alkanes) is 12. The molecule has 0 atom stereocenters. The first-order chi connectivity index (χ1) is 16.7. The molecule has 0 saturated heterocycles. The second kappa shape index (κ2) is 44.4. The fourth-order valence-electron chi connectivity index (χ4n) is 2.91. The molecule has 6 nitrogen and oxygen atoms in total. The molecular formula is C28H55AlCoO6. The number of hydrogen-bond donors (Lipinski definition) is 0. The molecule has 1 radical (unpaired) electrons. The number of aliphatic carboxylic acids is 3. The van der Waals surface area contributed by atoms with Crippen molar-refractivity contribution in [3.8, 4) is 0 Å². The zero-order valence-corrected chi connectivity index (χ0v) is 26.2. The van der Waals surface area contributed by atoms with Crippen molar-refractivity contribution >= 4 is 33.1 Å². The van der Waals surface area contributed by atoms with Crippen molar-refractivity contribution in [2.75, 3.05) is 0 Å². The van der Waals surface area contributed by atoms with Crippen molar-refractivity contribution in [1.29, 1.82) is 0 Å². The average molecular weight is 574 g/mol. The molecule has 0 aliphatic carbocycles. The molecule has 0 aromatic rings. The smallest absolute Gasteiger partial charge is 2.00 e. The van der Waals surface area contributed by atoms with Gasteiger partial charge < -0.3 is 29.7 Å². The summed E-state index contributed by atoms with van der Waals surface area (Å²) in [5, 5.41) is 32.6. The quantitative estimate of drug-likeness (QED) is 0.152. The Hall–Kier alpha value is -0.551. The molecule has 0 N–H and O–H groups in total. The monoisotopic (exact) mass is 573 g/mol. The maximum absolute atomic E-state index is 9.92. The standard InChI is InChI=1S/3C8H16O2.2C2H5.Al.Co/c3*1-2-3-4-5-6-7-8(9)10;2*1-2;;/h3*2-7H2,1H3,(H,9,10);2*1H2,2H3;;/q;;;;;+1;+2/p-3. The predicted octanol–water partition coefficient (Wildman–Crippen LogP) is 4.85. The summed E-state index contributed by atoms with van der Waals surface area (Å²) in [6.07, 6.45) is 16.8. The van der Waals surface area contributed by atoms with Crippen molar-refractivity contribution in [3.63, 3.8) is 0 Å². The third-order valence-electron chi connectivity index (χ3n) is 5.03. The van der Waals surface area contributed by atoms with Gasteiger partial charge in [0, 0.05) is 17.9 Å². The van der Waals surface area contributed by atoms with Crippen LogP contribution in [0.2, 0.25) is 10.6 Å². The minimum absolute atomic E-state index is 0. The first-order valence-electron chi connectivity index (χ1n) is 14.1. The molecule has 0 fully saturated rings. The van der Waals surface area contributed by atoms with Crippen LogP contribution in [-0.4, -0.2) is 33.1 Å². The Morgan fingerprint density at radius 1 is 0.444 bits per heavy atom. The number of carboxylic acids is 3. The van der Waals surface area contributed by atoms with Crippen molar-refractivity contribution < 1.29 is 46.5 Å². The number of rotatable bonds is 20. The molecule has 0 rings (SSSR count). The number of carbonyl (C=O) groups is 3. The van der Waals surface area contributed by atoms with E-state index in [9.17, 15) is 29.7 Å². The minimum atomic E-state index is -0.920. The van der Waals surface area contributed by atoms with Crippen LogP contribution in [0.1, 0.15) is 150 Å². The average Bonchev–Trinajstić information content (AvgIpc) is 2.80. The van der Waals surface area contributed by atoms with Gasteiger partial charge in [0.25, 0.3) is 0 Å². The van der Waals surface area contributed by atoms with E-state index in [-0.39, 0.29) is 36.0 Å². The zero-order chi connectivity index (χ0) is 27.6. The number of hydrogen-bond acceptors (Lipinski definition) is 6. The van der Waals surface area contributed by atoms with E-state index in [0.29, 0.717) is 0 Å². The van der Waals surface area contributed by atoms with Crippen LogP contribution in [0, 0.1) is 0 Å². The van der Waals surface area contributed by atoms with Gasteiger partial charge in [-0.25, -0.2) is 0 Å². The third kappa shape index (κ3) is 69.9. The topological polar surface area (TPSA) is 120 Å². The summed E-state index contributed by atoms with van der Waals surface area (Å²) in [5.74, 6) is -2.76. The minimum Gasteiger partial charge on any atom is 2.00 e. The van der Waals surface area contributed by atoms with Crippen LogP contribution < -0.4 is 15.3 Å². The molecule has 0 heterocycles. The molecule has 0 aliphatic heterocycles. The van der Waals surface area contributed by atoms with Crippen LogP contribution in [0.5, 0.6) is 0 Å². The molecule has 0 spiro atoms. The number of carboxylic acid groups (broad SMARTS) is 3. The van der Waals surface area contributed by atoms with Gasteiger partial charge >= 0.3 is 56.4 Å². The van der Waals surface area contributed by atoms with Crippen LogP contribution >= 0.6 is 0 Å². The van der Waals surface area contributed by atoms with Crippen molar-refractivity contribution in [2.45, 2.75) is 161 Å². The van der Waals surface area contributed by atoms with E-state index in [4.69, 9.17) is 0 Å². The van der Waals surface area contributed by atoms with Gasteiger partial charge in [-0.2, -0.15) is 0 Å². The van der Waals surface area contributed by atoms with Gasteiger partial charge in [-0.15, -0.1) is 0 Å². The Kier molecular flexibility index (Phi) is 56.0. The molecule has 0 aromatic heterocycles. The first-order valence-corrected chi connectivity index (χ1v) is 15.8. The first kappa shape index (κ1) is 45.4. The molecule has 0 aromatic carbocycles. The van der Waals surface area contributed by atoms with E-state index >= 15 is 0 Å². The Labute approximate surface area is 239 Å². The fourth-order valence-corrected chi connectivity index (χ4v) is 3.48. The van der Waals surface area contributed by atoms with E-state index in [2.05, 4.69) is 34.6 Å². The maximum atomic E-state index is 9.92. The Balaban J connectivity index is -0.000000121. The normalized spacial score (nSPS) is 9.03. The molecule has 0 aliphatic rings. The van der Waals surface area contributed by atoms with Gasteiger partial charge in [0.2, 0.25) is 0 Å². The van der Waals surface area contributed by atoms with E-state index in [1.54, 1.807) is 0 Å². The maximum Gasteiger partial charge on any atom is 2.00 e. The number of carbonyl (C=O) groups excluding carboxylic acids is 3.